The molecule has 0 unspecified atom stereocenters. The van der Waals surface area contributed by atoms with Crippen LogP contribution in [0, 0.1) is 6.92 Å². The lowest BCUT2D eigenvalue weighted by atomic mass is 10.2. The van der Waals surface area contributed by atoms with Crippen LogP contribution in [0.5, 0.6) is 0 Å². The van der Waals surface area contributed by atoms with Crippen molar-refractivity contribution in [2.24, 2.45) is 0 Å². The van der Waals surface area contributed by atoms with E-state index in [1.165, 1.54) is 0 Å². The normalized spacial score (nSPS) is 11.3. The van der Waals surface area contributed by atoms with E-state index in [0.717, 1.165) is 11.3 Å². The number of nitrogens with zero attached hydrogens (tertiary/aromatic N) is 2. The zero-order valence-corrected chi connectivity index (χ0v) is 15.7. The molecule has 25 heavy (non-hydrogen) atoms. The van der Waals surface area contributed by atoms with E-state index < -0.39 is 15.9 Å². The van der Waals surface area contributed by atoms with Gasteiger partial charge in [0.2, 0.25) is 0 Å². The predicted octanol–water partition coefficient (Wildman–Crippen LogP) is 2.45. The van der Waals surface area contributed by atoms with E-state index in [2.05, 4.69) is 15.7 Å². The molecule has 2 N–H and O–H groups in total. The van der Waals surface area contributed by atoms with E-state index in [-0.39, 0.29) is 18.1 Å². The van der Waals surface area contributed by atoms with E-state index in [0.29, 0.717) is 17.4 Å². The van der Waals surface area contributed by atoms with Crippen molar-refractivity contribution in [1.29, 1.82) is 0 Å². The van der Waals surface area contributed by atoms with Crippen molar-refractivity contribution >= 4 is 33.3 Å². The Hall–Kier alpha value is -2.06. The van der Waals surface area contributed by atoms with Crippen LogP contribution in [0.3, 0.4) is 0 Å². The molecule has 0 aliphatic heterocycles. The van der Waals surface area contributed by atoms with Crippen molar-refractivity contribution in [3.63, 3.8) is 0 Å². The summed E-state index contributed by atoms with van der Waals surface area (Å²) in [5.41, 5.74) is 1.71. The summed E-state index contributed by atoms with van der Waals surface area (Å²) in [6.07, 6.45) is 0. The molecule has 2 aromatic rings. The van der Waals surface area contributed by atoms with Crippen LogP contribution in [0.25, 0.3) is 0 Å². The highest BCUT2D eigenvalue weighted by atomic mass is 35.5. The van der Waals surface area contributed by atoms with Crippen LogP contribution in [0.1, 0.15) is 18.2 Å². The molecule has 7 nitrogen and oxygen atoms in total. The molecule has 0 aliphatic rings. The fourth-order valence-electron chi connectivity index (χ4n) is 2.20. The molecule has 1 aromatic carbocycles. The standard InChI is InChI=1S/C16H21ClN4O3S/c1-3-25(23,24)8-7-18-16(22)19-15-9-12(2)20-21(15)11-13-5-4-6-14(17)10-13/h4-6,9-10H,3,7-8,11H2,1-2H3,(H2,18,19,22). The largest absolute Gasteiger partial charge is 0.337 e. The maximum Gasteiger partial charge on any atom is 0.320 e. The molecule has 0 bridgehead atoms. The van der Waals surface area contributed by atoms with E-state index in [9.17, 15) is 13.2 Å². The molecule has 2 amide bonds. The van der Waals surface area contributed by atoms with Crippen molar-refractivity contribution < 1.29 is 13.2 Å². The summed E-state index contributed by atoms with van der Waals surface area (Å²) in [6.45, 7) is 3.91. The van der Waals surface area contributed by atoms with E-state index in [1.807, 2.05) is 25.1 Å². The van der Waals surface area contributed by atoms with Crippen molar-refractivity contribution in [3.8, 4) is 0 Å². The van der Waals surface area contributed by atoms with Gasteiger partial charge >= 0.3 is 6.03 Å². The van der Waals surface area contributed by atoms with Crippen LogP contribution in [-0.2, 0) is 16.4 Å². The Morgan fingerprint density at radius 1 is 1.32 bits per heavy atom. The number of carbonyl (C=O) groups excluding carboxylic acids is 1. The number of aromatic nitrogens is 2. The monoisotopic (exact) mass is 384 g/mol. The quantitative estimate of drug-likeness (QED) is 0.766. The number of amides is 2. The van der Waals surface area contributed by atoms with Crippen LogP contribution < -0.4 is 10.6 Å². The number of carbonyl (C=O) groups is 1. The minimum absolute atomic E-state index is 0.0574. The number of aryl methyl sites for hydroxylation is 1. The van der Waals surface area contributed by atoms with Crippen molar-refractivity contribution in [1.82, 2.24) is 15.1 Å². The number of rotatable bonds is 7. The second-order valence-corrected chi connectivity index (χ2v) is 8.48. The maximum absolute atomic E-state index is 12.0. The lowest BCUT2D eigenvalue weighted by Gasteiger charge is -2.10. The topological polar surface area (TPSA) is 93.1 Å². The second-order valence-electron chi connectivity index (χ2n) is 5.58. The minimum atomic E-state index is -3.11. The first-order valence-electron chi connectivity index (χ1n) is 7.83. The average Bonchev–Trinajstić information content (AvgIpc) is 2.86. The van der Waals surface area contributed by atoms with Gasteiger partial charge in [-0.15, -0.1) is 0 Å². The van der Waals surface area contributed by atoms with Gasteiger partial charge < -0.3 is 5.32 Å². The van der Waals surface area contributed by atoms with Crippen molar-refractivity contribution in [2.45, 2.75) is 20.4 Å². The third kappa shape index (κ3) is 6.06. The zero-order valence-electron chi connectivity index (χ0n) is 14.1. The highest BCUT2D eigenvalue weighted by molar-refractivity contribution is 7.91. The van der Waals surface area contributed by atoms with Crippen molar-refractivity contribution in [2.75, 3.05) is 23.4 Å². The fourth-order valence-corrected chi connectivity index (χ4v) is 3.11. The van der Waals surface area contributed by atoms with Crippen LogP contribution in [0.4, 0.5) is 10.6 Å². The second kappa shape index (κ2) is 8.35. The van der Waals surface area contributed by atoms with Gasteiger partial charge in [-0.25, -0.2) is 17.9 Å². The van der Waals surface area contributed by atoms with Crippen LogP contribution in [0.2, 0.25) is 5.02 Å². The zero-order chi connectivity index (χ0) is 18.4. The lowest BCUT2D eigenvalue weighted by molar-refractivity contribution is 0.252. The Bertz CT molecular complexity index is 849. The first-order chi connectivity index (χ1) is 11.8. The van der Waals surface area contributed by atoms with E-state index in [4.69, 9.17) is 11.6 Å². The molecule has 0 aliphatic carbocycles. The van der Waals surface area contributed by atoms with E-state index in [1.54, 1.807) is 23.7 Å². The van der Waals surface area contributed by atoms with Gasteiger partial charge in [0.15, 0.2) is 9.84 Å². The lowest BCUT2D eigenvalue weighted by Crippen LogP contribution is -2.33. The number of urea groups is 1. The Morgan fingerprint density at radius 3 is 2.76 bits per heavy atom. The number of hydrogen-bond acceptors (Lipinski definition) is 4. The average molecular weight is 385 g/mol. The van der Waals surface area contributed by atoms with Crippen molar-refractivity contribution in [3.05, 3.63) is 46.6 Å². The molecule has 0 spiro atoms. The smallest absolute Gasteiger partial charge is 0.320 e. The van der Waals surface area contributed by atoms with Gasteiger partial charge in [-0.2, -0.15) is 5.10 Å². The SMILES string of the molecule is CCS(=O)(=O)CCNC(=O)Nc1cc(C)nn1Cc1cccc(Cl)c1. The molecule has 9 heteroatoms. The van der Waals surface area contributed by atoms with Gasteiger partial charge in [0.1, 0.15) is 5.82 Å². The summed E-state index contributed by atoms with van der Waals surface area (Å²) in [7, 11) is -3.11. The van der Waals surface area contributed by atoms with Gasteiger partial charge in [0.25, 0.3) is 0 Å². The minimum Gasteiger partial charge on any atom is -0.337 e. The van der Waals surface area contributed by atoms with Crippen LogP contribution in [-0.4, -0.2) is 42.3 Å². The molecule has 0 radical (unpaired) electrons. The number of nitrogens with one attached hydrogen (secondary N) is 2. The third-order valence-corrected chi connectivity index (χ3v) is 5.44. The molecule has 0 fully saturated rings. The fraction of sp³-hybridized carbons (Fsp3) is 0.375. The van der Waals surface area contributed by atoms with Gasteiger partial charge in [0.05, 0.1) is 18.0 Å². The summed E-state index contributed by atoms with van der Waals surface area (Å²) >= 11 is 5.99. The number of anilines is 1. The molecule has 0 saturated carbocycles. The van der Waals surface area contributed by atoms with Gasteiger partial charge in [0, 0.05) is 23.4 Å². The molecular weight excluding hydrogens is 364 g/mol. The summed E-state index contributed by atoms with van der Waals surface area (Å²) < 4.78 is 24.5. The van der Waals surface area contributed by atoms with Crippen LogP contribution in [0.15, 0.2) is 30.3 Å². The van der Waals surface area contributed by atoms with Gasteiger partial charge in [-0.3, -0.25) is 5.32 Å². The summed E-state index contributed by atoms with van der Waals surface area (Å²) in [5.74, 6) is 0.493. The molecule has 1 aromatic heterocycles. The summed E-state index contributed by atoms with van der Waals surface area (Å²) in [5, 5.41) is 10.2. The Morgan fingerprint density at radius 2 is 2.08 bits per heavy atom. The molecule has 0 saturated heterocycles. The first-order valence-corrected chi connectivity index (χ1v) is 10.0. The molecular formula is C16H21ClN4O3S. The Kier molecular flexibility index (Phi) is 6.44. The van der Waals surface area contributed by atoms with E-state index >= 15 is 0 Å². The van der Waals surface area contributed by atoms with Crippen LogP contribution >= 0.6 is 11.6 Å². The van der Waals surface area contributed by atoms with Gasteiger partial charge in [-0.1, -0.05) is 30.7 Å². The third-order valence-electron chi connectivity index (χ3n) is 3.50. The molecule has 1 heterocycles. The molecule has 0 atom stereocenters. The predicted molar refractivity (Wildman–Crippen MR) is 98.9 cm³/mol. The highest BCUT2D eigenvalue weighted by Gasteiger charge is 2.11. The number of hydrogen-bond donors (Lipinski definition) is 2. The number of benzene rings is 1. The Labute approximate surface area is 152 Å². The first kappa shape index (κ1) is 19.3. The number of sulfone groups is 1. The summed E-state index contributed by atoms with van der Waals surface area (Å²) in [6, 6.07) is 8.66. The molecule has 2 rings (SSSR count). The van der Waals surface area contributed by atoms with Gasteiger partial charge in [-0.05, 0) is 24.6 Å². The molecule has 136 valence electrons. The summed E-state index contributed by atoms with van der Waals surface area (Å²) in [4.78, 5) is 12.0. The Balaban J connectivity index is 1.99. The highest BCUT2D eigenvalue weighted by Crippen LogP contribution is 2.16. The number of halogens is 1. The maximum atomic E-state index is 12.0.